The number of benzene rings is 3. The van der Waals surface area contributed by atoms with E-state index in [0.717, 1.165) is 39.8 Å². The fourth-order valence-electron chi connectivity index (χ4n) is 3.42. The van der Waals surface area contributed by atoms with Gasteiger partial charge in [-0.1, -0.05) is 42.1 Å². The van der Waals surface area contributed by atoms with Crippen LogP contribution < -0.4 is 15.4 Å². The van der Waals surface area contributed by atoms with Crippen molar-refractivity contribution < 1.29 is 9.53 Å². The van der Waals surface area contributed by atoms with Crippen molar-refractivity contribution in [3.05, 3.63) is 89.7 Å². The van der Waals surface area contributed by atoms with Crippen molar-refractivity contribution in [2.45, 2.75) is 25.5 Å². The van der Waals surface area contributed by atoms with Crippen LogP contribution in [0.5, 0.6) is 5.75 Å². The quantitative estimate of drug-likeness (QED) is 0.324. The normalized spacial score (nSPS) is 10.7. The second-order valence-corrected chi connectivity index (χ2v) is 8.75. The van der Waals surface area contributed by atoms with E-state index in [1.165, 1.54) is 11.8 Å². The summed E-state index contributed by atoms with van der Waals surface area (Å²) in [7, 11) is 1.65. The highest BCUT2D eigenvalue weighted by Gasteiger charge is 2.16. The lowest BCUT2D eigenvalue weighted by Gasteiger charge is -2.12. The van der Waals surface area contributed by atoms with Crippen LogP contribution in [0.2, 0.25) is 0 Å². The fourth-order valence-corrected chi connectivity index (χ4v) is 4.19. The third-order valence-corrected chi connectivity index (χ3v) is 6.18. The lowest BCUT2D eigenvalue weighted by atomic mass is 10.1. The first-order valence-electron chi connectivity index (χ1n) is 10.9. The second-order valence-electron chi connectivity index (χ2n) is 7.81. The maximum atomic E-state index is 12.7. The molecule has 174 valence electrons. The molecule has 1 aromatic heterocycles. The van der Waals surface area contributed by atoms with Gasteiger partial charge < -0.3 is 15.4 Å². The predicted molar refractivity (Wildman–Crippen MR) is 137 cm³/mol. The average molecular weight is 474 g/mol. The largest absolute Gasteiger partial charge is 0.497 e. The lowest BCUT2D eigenvalue weighted by Crippen LogP contribution is -2.15. The molecular weight excluding hydrogens is 446 g/mol. The van der Waals surface area contributed by atoms with Gasteiger partial charge in [-0.15, -0.1) is 10.2 Å². The number of anilines is 2. The number of nitrogens with zero attached hydrogens (tertiary/aromatic N) is 3. The molecule has 34 heavy (non-hydrogen) atoms. The van der Waals surface area contributed by atoms with Crippen LogP contribution in [0.25, 0.3) is 5.69 Å². The van der Waals surface area contributed by atoms with Gasteiger partial charge in [0.25, 0.3) is 0 Å². The zero-order valence-electron chi connectivity index (χ0n) is 19.4. The fraction of sp³-hybridized carbons (Fsp3) is 0.192. The standard InChI is InChI=1S/C26H27N5O2S/c1-18-9-10-19(2)23(15-18)28-25(32)17-34-26-30-29-24(31(26)21-7-5-4-6-8-21)16-27-20-11-13-22(33-3)14-12-20/h4-15,27H,16-17H2,1-3H3,(H,28,32). The summed E-state index contributed by atoms with van der Waals surface area (Å²) in [5, 5.41) is 15.8. The molecule has 0 saturated heterocycles. The maximum Gasteiger partial charge on any atom is 0.234 e. The van der Waals surface area contributed by atoms with Crippen LogP contribution in [0, 0.1) is 13.8 Å². The summed E-state index contributed by atoms with van der Waals surface area (Å²) >= 11 is 1.36. The molecule has 0 fully saturated rings. The topological polar surface area (TPSA) is 81.1 Å². The van der Waals surface area contributed by atoms with Gasteiger partial charge in [-0.2, -0.15) is 0 Å². The summed E-state index contributed by atoms with van der Waals surface area (Å²) in [4.78, 5) is 12.7. The van der Waals surface area contributed by atoms with E-state index in [-0.39, 0.29) is 11.7 Å². The molecule has 4 rings (SSSR count). The Hall–Kier alpha value is -3.78. The van der Waals surface area contributed by atoms with Crippen LogP contribution in [0.3, 0.4) is 0 Å². The number of aromatic nitrogens is 3. The molecular formula is C26H27N5O2S. The van der Waals surface area contributed by atoms with Crippen LogP contribution >= 0.6 is 11.8 Å². The Morgan fingerprint density at radius 3 is 2.50 bits per heavy atom. The maximum absolute atomic E-state index is 12.7. The van der Waals surface area contributed by atoms with Crippen molar-refractivity contribution in [1.82, 2.24) is 14.8 Å². The van der Waals surface area contributed by atoms with E-state index in [9.17, 15) is 4.79 Å². The van der Waals surface area contributed by atoms with Crippen LogP contribution in [0.4, 0.5) is 11.4 Å². The highest BCUT2D eigenvalue weighted by Crippen LogP contribution is 2.24. The Bertz CT molecular complexity index is 1260. The molecule has 0 saturated carbocycles. The van der Waals surface area contributed by atoms with Crippen molar-refractivity contribution in [3.63, 3.8) is 0 Å². The molecule has 1 heterocycles. The van der Waals surface area contributed by atoms with Gasteiger partial charge >= 0.3 is 0 Å². The van der Waals surface area contributed by atoms with Gasteiger partial charge in [0.15, 0.2) is 11.0 Å². The zero-order chi connectivity index (χ0) is 23.9. The van der Waals surface area contributed by atoms with Gasteiger partial charge in [0.05, 0.1) is 19.4 Å². The zero-order valence-corrected chi connectivity index (χ0v) is 20.2. The number of aryl methyl sites for hydroxylation is 2. The number of thioether (sulfide) groups is 1. The van der Waals surface area contributed by atoms with Gasteiger partial charge in [0.1, 0.15) is 5.75 Å². The highest BCUT2D eigenvalue weighted by atomic mass is 32.2. The van der Waals surface area contributed by atoms with Crippen molar-refractivity contribution in [1.29, 1.82) is 0 Å². The molecule has 8 heteroatoms. The molecule has 1 amide bonds. The lowest BCUT2D eigenvalue weighted by molar-refractivity contribution is -0.113. The van der Waals surface area contributed by atoms with E-state index in [1.807, 2.05) is 91.2 Å². The predicted octanol–water partition coefficient (Wildman–Crippen LogP) is 5.24. The van der Waals surface area contributed by atoms with Crippen LogP contribution in [-0.2, 0) is 11.3 Å². The third kappa shape index (κ3) is 5.77. The van der Waals surface area contributed by atoms with E-state index >= 15 is 0 Å². The first-order valence-corrected chi connectivity index (χ1v) is 11.9. The Morgan fingerprint density at radius 2 is 1.76 bits per heavy atom. The summed E-state index contributed by atoms with van der Waals surface area (Å²) in [6.07, 6.45) is 0. The van der Waals surface area contributed by atoms with Gasteiger partial charge in [0, 0.05) is 17.1 Å². The van der Waals surface area contributed by atoms with E-state index in [1.54, 1.807) is 7.11 Å². The second kappa shape index (κ2) is 10.9. The smallest absolute Gasteiger partial charge is 0.234 e. The molecule has 0 bridgehead atoms. The van der Waals surface area contributed by atoms with Gasteiger partial charge in [-0.25, -0.2) is 0 Å². The summed E-state index contributed by atoms with van der Waals surface area (Å²) in [6, 6.07) is 23.6. The van der Waals surface area contributed by atoms with Crippen LogP contribution in [0.15, 0.2) is 78.0 Å². The molecule has 2 N–H and O–H groups in total. The Balaban J connectivity index is 1.48. The number of hydrogen-bond acceptors (Lipinski definition) is 6. The Morgan fingerprint density at radius 1 is 1.00 bits per heavy atom. The number of methoxy groups -OCH3 is 1. The van der Waals surface area contributed by atoms with Crippen LogP contribution in [0.1, 0.15) is 17.0 Å². The first kappa shape index (κ1) is 23.4. The summed E-state index contributed by atoms with van der Waals surface area (Å²) in [5.74, 6) is 1.69. The highest BCUT2D eigenvalue weighted by molar-refractivity contribution is 7.99. The third-order valence-electron chi connectivity index (χ3n) is 5.25. The van der Waals surface area contributed by atoms with Crippen molar-refractivity contribution >= 4 is 29.0 Å². The molecule has 4 aromatic rings. The minimum Gasteiger partial charge on any atom is -0.497 e. The van der Waals surface area contributed by atoms with Crippen LogP contribution in [-0.4, -0.2) is 33.5 Å². The SMILES string of the molecule is COc1ccc(NCc2nnc(SCC(=O)Nc3cc(C)ccc3C)n2-c2ccccc2)cc1. The number of carbonyl (C=O) groups is 1. The van der Waals surface area contributed by atoms with Crippen molar-refractivity contribution in [2.24, 2.45) is 0 Å². The van der Waals surface area contributed by atoms with E-state index < -0.39 is 0 Å². The average Bonchev–Trinajstić information content (AvgIpc) is 3.27. The number of ether oxygens (including phenoxy) is 1. The number of hydrogen-bond donors (Lipinski definition) is 2. The van der Waals surface area contributed by atoms with E-state index in [0.29, 0.717) is 11.7 Å². The molecule has 0 aliphatic heterocycles. The van der Waals surface area contributed by atoms with Crippen molar-refractivity contribution in [2.75, 3.05) is 23.5 Å². The van der Waals surface area contributed by atoms with Gasteiger partial charge in [-0.05, 0) is 67.4 Å². The van der Waals surface area contributed by atoms with Crippen molar-refractivity contribution in [3.8, 4) is 11.4 Å². The molecule has 3 aromatic carbocycles. The summed E-state index contributed by atoms with van der Waals surface area (Å²) in [5.41, 5.74) is 4.86. The minimum atomic E-state index is -0.0841. The molecule has 0 unspecified atom stereocenters. The number of rotatable bonds is 9. The number of carbonyl (C=O) groups excluding carboxylic acids is 1. The monoisotopic (exact) mass is 473 g/mol. The molecule has 0 spiro atoms. The Labute approximate surface area is 203 Å². The van der Waals surface area contributed by atoms with Gasteiger partial charge in [-0.3, -0.25) is 9.36 Å². The minimum absolute atomic E-state index is 0.0841. The summed E-state index contributed by atoms with van der Waals surface area (Å²) in [6.45, 7) is 4.47. The number of para-hydroxylation sites is 1. The Kier molecular flexibility index (Phi) is 7.49. The van der Waals surface area contributed by atoms with Gasteiger partial charge in [0.2, 0.25) is 5.91 Å². The molecule has 7 nitrogen and oxygen atoms in total. The van der Waals surface area contributed by atoms with E-state index in [4.69, 9.17) is 4.74 Å². The molecule has 0 aliphatic rings. The number of nitrogens with one attached hydrogen (secondary N) is 2. The number of amides is 1. The summed E-state index contributed by atoms with van der Waals surface area (Å²) < 4.78 is 7.20. The van der Waals surface area contributed by atoms with E-state index in [2.05, 4.69) is 20.8 Å². The molecule has 0 radical (unpaired) electrons. The molecule has 0 atom stereocenters. The molecule has 0 aliphatic carbocycles. The first-order chi connectivity index (χ1) is 16.5.